The van der Waals surface area contributed by atoms with Gasteiger partial charge < -0.3 is 4.90 Å². The lowest BCUT2D eigenvalue weighted by molar-refractivity contribution is -0.659. The number of para-hydroxylation sites is 1. The lowest BCUT2D eigenvalue weighted by Crippen LogP contribution is -2.34. The third-order valence-electron chi connectivity index (χ3n) is 2.24. The number of hydrogen-bond acceptors (Lipinski definition) is 2. The Bertz CT molecular complexity index is 420. The van der Waals surface area contributed by atoms with Crippen molar-refractivity contribution in [1.29, 1.82) is 0 Å². The minimum absolute atomic E-state index is 1.07. The second kappa shape index (κ2) is 4.09. The summed E-state index contributed by atoms with van der Waals surface area (Å²) in [5.41, 5.74) is 2.17. The van der Waals surface area contributed by atoms with Gasteiger partial charge in [0.25, 0.3) is 0 Å². The molecule has 0 aliphatic rings. The average Bonchev–Trinajstić information content (AvgIpc) is 2.30. The van der Waals surface area contributed by atoms with Gasteiger partial charge in [-0.1, -0.05) is 22.9 Å². The summed E-state index contributed by atoms with van der Waals surface area (Å²) >= 11 is 0. The van der Waals surface area contributed by atoms with Gasteiger partial charge in [0, 0.05) is 32.3 Å². The predicted molar refractivity (Wildman–Crippen MR) is 60.1 cm³/mol. The molecular formula is C12H14N3+. The molecule has 1 aromatic heterocycles. The number of aromatic nitrogens is 2. The average molecular weight is 200 g/mol. The zero-order valence-electron chi connectivity index (χ0n) is 8.96. The molecule has 0 atom stereocenters. The van der Waals surface area contributed by atoms with Crippen LogP contribution in [0.4, 0.5) is 5.69 Å². The molecule has 0 aliphatic carbocycles. The summed E-state index contributed by atoms with van der Waals surface area (Å²) in [5, 5.41) is 4.35. The van der Waals surface area contributed by atoms with E-state index in [9.17, 15) is 0 Å². The highest BCUT2D eigenvalue weighted by atomic mass is 15.3. The molecule has 0 unspecified atom stereocenters. The van der Waals surface area contributed by atoms with E-state index in [1.807, 2.05) is 72.5 Å². The number of nitrogens with zero attached hydrogens (tertiary/aromatic N) is 3. The topological polar surface area (TPSA) is 20.0 Å². The Kier molecular flexibility index (Phi) is 2.63. The molecule has 0 N–H and O–H groups in total. The van der Waals surface area contributed by atoms with Crippen molar-refractivity contribution in [2.45, 2.75) is 0 Å². The zero-order chi connectivity index (χ0) is 10.7. The van der Waals surface area contributed by atoms with Crippen molar-refractivity contribution in [3.8, 4) is 5.69 Å². The van der Waals surface area contributed by atoms with E-state index >= 15 is 0 Å². The number of rotatable bonds is 2. The van der Waals surface area contributed by atoms with Crippen LogP contribution < -0.4 is 9.58 Å². The fraction of sp³-hybridized carbons (Fsp3) is 0.167. The predicted octanol–water partition coefficient (Wildman–Crippen LogP) is 1.42. The van der Waals surface area contributed by atoms with E-state index in [2.05, 4.69) is 5.10 Å². The van der Waals surface area contributed by atoms with Crippen molar-refractivity contribution in [3.05, 3.63) is 48.8 Å². The molecule has 0 saturated carbocycles. The monoisotopic (exact) mass is 200 g/mol. The first-order valence-electron chi connectivity index (χ1n) is 4.88. The van der Waals surface area contributed by atoms with Crippen LogP contribution in [0.3, 0.4) is 0 Å². The molecule has 0 aliphatic heterocycles. The first kappa shape index (κ1) is 9.65. The van der Waals surface area contributed by atoms with Crippen LogP contribution in [-0.2, 0) is 0 Å². The molecule has 2 rings (SSSR count). The normalized spacial score (nSPS) is 10.0. The molecule has 3 heteroatoms. The van der Waals surface area contributed by atoms with Crippen molar-refractivity contribution in [2.24, 2.45) is 0 Å². The molecule has 15 heavy (non-hydrogen) atoms. The standard InChI is InChI=1S/C12H14N3/c1-14(2)12-8-9-15(13-10-12)11-6-4-3-5-7-11/h3-10H,1-2H3/q+1. The molecule has 1 heterocycles. The van der Waals surface area contributed by atoms with Crippen molar-refractivity contribution in [1.82, 2.24) is 5.10 Å². The smallest absolute Gasteiger partial charge is 0.238 e. The molecule has 2 aromatic rings. The van der Waals surface area contributed by atoms with Crippen LogP contribution in [0.2, 0.25) is 0 Å². The Morgan fingerprint density at radius 3 is 2.33 bits per heavy atom. The molecule has 0 bridgehead atoms. The van der Waals surface area contributed by atoms with E-state index in [1.54, 1.807) is 0 Å². The summed E-state index contributed by atoms with van der Waals surface area (Å²) in [7, 11) is 4.01. The third kappa shape index (κ3) is 2.13. The van der Waals surface area contributed by atoms with Crippen LogP contribution in [0.1, 0.15) is 0 Å². The minimum atomic E-state index is 1.07. The fourth-order valence-corrected chi connectivity index (χ4v) is 1.35. The largest absolute Gasteiger partial charge is 0.376 e. The first-order chi connectivity index (χ1) is 7.27. The lowest BCUT2D eigenvalue weighted by Gasteiger charge is -2.09. The number of anilines is 1. The van der Waals surface area contributed by atoms with Gasteiger partial charge in [0.05, 0.1) is 5.69 Å². The van der Waals surface area contributed by atoms with Gasteiger partial charge in [0.15, 0.2) is 0 Å². The SMILES string of the molecule is CN(C)c1cc[n+](-c2ccccc2)nc1. The van der Waals surface area contributed by atoms with Crippen LogP contribution >= 0.6 is 0 Å². The van der Waals surface area contributed by atoms with Crippen LogP contribution in [0.5, 0.6) is 0 Å². The highest BCUT2D eigenvalue weighted by Crippen LogP contribution is 2.05. The Hall–Kier alpha value is -1.90. The molecule has 0 spiro atoms. The van der Waals surface area contributed by atoms with Gasteiger partial charge in [-0.3, -0.25) is 0 Å². The molecule has 0 fully saturated rings. The fourth-order valence-electron chi connectivity index (χ4n) is 1.35. The summed E-state index contributed by atoms with van der Waals surface area (Å²) in [6.07, 6.45) is 3.82. The maximum Gasteiger partial charge on any atom is 0.238 e. The Morgan fingerprint density at radius 1 is 1.07 bits per heavy atom. The van der Waals surface area contributed by atoms with Gasteiger partial charge in [-0.25, -0.2) is 0 Å². The lowest BCUT2D eigenvalue weighted by atomic mass is 10.3. The van der Waals surface area contributed by atoms with Crippen molar-refractivity contribution >= 4 is 5.69 Å². The van der Waals surface area contributed by atoms with Crippen LogP contribution in [0.25, 0.3) is 5.69 Å². The third-order valence-corrected chi connectivity index (χ3v) is 2.24. The van der Waals surface area contributed by atoms with E-state index in [-0.39, 0.29) is 0 Å². The van der Waals surface area contributed by atoms with E-state index in [1.165, 1.54) is 0 Å². The number of hydrogen-bond donors (Lipinski definition) is 0. The Morgan fingerprint density at radius 2 is 1.80 bits per heavy atom. The molecule has 3 nitrogen and oxygen atoms in total. The zero-order valence-corrected chi connectivity index (χ0v) is 8.96. The molecule has 0 amide bonds. The minimum Gasteiger partial charge on any atom is -0.376 e. The van der Waals surface area contributed by atoms with Crippen molar-refractivity contribution in [3.63, 3.8) is 0 Å². The Labute approximate surface area is 89.6 Å². The highest BCUT2D eigenvalue weighted by molar-refractivity contribution is 5.40. The van der Waals surface area contributed by atoms with Gasteiger partial charge in [0.1, 0.15) is 6.20 Å². The summed E-state index contributed by atoms with van der Waals surface area (Å²) in [6.45, 7) is 0. The van der Waals surface area contributed by atoms with Gasteiger partial charge >= 0.3 is 0 Å². The van der Waals surface area contributed by atoms with Crippen LogP contribution in [0, 0.1) is 0 Å². The summed E-state index contributed by atoms with van der Waals surface area (Å²) < 4.78 is 1.85. The van der Waals surface area contributed by atoms with E-state index in [4.69, 9.17) is 0 Å². The van der Waals surface area contributed by atoms with Crippen molar-refractivity contribution in [2.75, 3.05) is 19.0 Å². The Balaban J connectivity index is 2.32. The van der Waals surface area contributed by atoms with Crippen LogP contribution in [-0.4, -0.2) is 19.2 Å². The van der Waals surface area contributed by atoms with Gasteiger partial charge in [-0.05, 0) is 5.10 Å². The molecule has 0 saturated heterocycles. The summed E-state index contributed by atoms with van der Waals surface area (Å²) in [4.78, 5) is 2.03. The number of benzene rings is 1. The second-order valence-electron chi connectivity index (χ2n) is 3.56. The van der Waals surface area contributed by atoms with Gasteiger partial charge in [-0.15, -0.1) is 0 Å². The summed E-state index contributed by atoms with van der Waals surface area (Å²) in [6, 6.07) is 12.1. The molecular weight excluding hydrogens is 186 g/mol. The van der Waals surface area contributed by atoms with E-state index < -0.39 is 0 Å². The summed E-state index contributed by atoms with van der Waals surface area (Å²) in [5.74, 6) is 0. The second-order valence-corrected chi connectivity index (χ2v) is 3.56. The molecule has 0 radical (unpaired) electrons. The van der Waals surface area contributed by atoms with E-state index in [0.29, 0.717) is 0 Å². The first-order valence-corrected chi connectivity index (χ1v) is 4.88. The maximum absolute atomic E-state index is 4.35. The van der Waals surface area contributed by atoms with E-state index in [0.717, 1.165) is 11.4 Å². The van der Waals surface area contributed by atoms with Gasteiger partial charge in [0.2, 0.25) is 11.9 Å². The van der Waals surface area contributed by atoms with Crippen LogP contribution in [0.15, 0.2) is 48.8 Å². The van der Waals surface area contributed by atoms with Crippen molar-refractivity contribution < 1.29 is 4.68 Å². The highest BCUT2D eigenvalue weighted by Gasteiger charge is 2.06. The molecule has 76 valence electrons. The molecule has 1 aromatic carbocycles. The maximum atomic E-state index is 4.35. The quantitative estimate of drug-likeness (QED) is 0.683. The van der Waals surface area contributed by atoms with Gasteiger partial charge in [-0.2, -0.15) is 0 Å².